The van der Waals surface area contributed by atoms with Crippen molar-refractivity contribution in [3.8, 4) is 22.9 Å². The Bertz CT molecular complexity index is 1520. The van der Waals surface area contributed by atoms with E-state index in [-0.39, 0.29) is 17.7 Å². The maximum Gasteiger partial charge on any atom is 0.439 e. The van der Waals surface area contributed by atoms with Crippen molar-refractivity contribution in [3.63, 3.8) is 0 Å². The maximum absolute atomic E-state index is 11.7. The SMILES string of the molecule is CC1CCC(Cn2c(N3CCOC[C@H]3C(C)C)nc3nc(-c4noc(=O)[nH]4)nc(-c4cccc(Cl)c4)c32)CC1. The van der Waals surface area contributed by atoms with Crippen LogP contribution in [0.15, 0.2) is 33.6 Å². The van der Waals surface area contributed by atoms with E-state index in [1.54, 1.807) is 0 Å². The van der Waals surface area contributed by atoms with E-state index in [9.17, 15) is 4.79 Å². The highest BCUT2D eigenvalue weighted by molar-refractivity contribution is 6.30. The summed E-state index contributed by atoms with van der Waals surface area (Å²) >= 11 is 6.43. The molecule has 1 saturated carbocycles. The van der Waals surface area contributed by atoms with E-state index in [4.69, 9.17) is 35.8 Å². The zero-order valence-electron chi connectivity index (χ0n) is 22.6. The molecule has 1 atom stereocenters. The smallest absolute Gasteiger partial charge is 0.377 e. The molecule has 2 aliphatic rings. The highest BCUT2D eigenvalue weighted by Gasteiger charge is 2.33. The predicted octanol–water partition coefficient (Wildman–Crippen LogP) is 5.18. The first-order valence-corrected chi connectivity index (χ1v) is 14.2. The Hall–Kier alpha value is -3.24. The number of aromatic amines is 1. The number of halogens is 1. The van der Waals surface area contributed by atoms with Gasteiger partial charge in [0.1, 0.15) is 11.2 Å². The third-order valence-electron chi connectivity index (χ3n) is 8.10. The molecule has 0 amide bonds. The lowest BCUT2D eigenvalue weighted by atomic mass is 9.83. The molecule has 1 aromatic carbocycles. The van der Waals surface area contributed by atoms with Crippen molar-refractivity contribution in [3.05, 3.63) is 39.8 Å². The number of imidazole rings is 1. The van der Waals surface area contributed by atoms with Crippen LogP contribution in [-0.4, -0.2) is 55.5 Å². The standard InChI is InChI=1S/C28H34ClN7O3/c1-16(2)21-15-38-12-11-35(21)27-32-24-23(36(27)14-18-9-7-17(3)8-10-18)22(19-5-4-6-20(29)13-19)30-25(31-24)26-33-28(37)39-34-26/h4-6,13,16-18,21H,7-12,14-15H2,1-3H3,(H,33,34,37)/t17?,18?,21-/m0/s1. The van der Waals surface area contributed by atoms with E-state index in [2.05, 4.69) is 40.4 Å². The summed E-state index contributed by atoms with van der Waals surface area (Å²) in [6, 6.07) is 7.81. The molecule has 4 aromatic rings. The van der Waals surface area contributed by atoms with Crippen LogP contribution in [0.4, 0.5) is 5.95 Å². The number of hydrogen-bond acceptors (Lipinski definition) is 8. The van der Waals surface area contributed by atoms with Crippen LogP contribution in [-0.2, 0) is 11.3 Å². The Kier molecular flexibility index (Phi) is 7.16. The van der Waals surface area contributed by atoms with E-state index in [0.29, 0.717) is 41.4 Å². The van der Waals surface area contributed by atoms with Crippen LogP contribution in [0.1, 0.15) is 46.5 Å². The Morgan fingerprint density at radius 3 is 2.69 bits per heavy atom. The highest BCUT2D eigenvalue weighted by Crippen LogP contribution is 2.37. The van der Waals surface area contributed by atoms with Gasteiger partial charge >= 0.3 is 5.76 Å². The Labute approximate surface area is 231 Å². The van der Waals surface area contributed by atoms with Crippen LogP contribution in [0.25, 0.3) is 34.1 Å². The van der Waals surface area contributed by atoms with Gasteiger partial charge in [0.25, 0.3) is 0 Å². The Morgan fingerprint density at radius 1 is 1.15 bits per heavy atom. The molecule has 2 fully saturated rings. The number of rotatable bonds is 6. The molecular weight excluding hydrogens is 518 g/mol. The molecule has 1 N–H and O–H groups in total. The molecule has 1 aliphatic carbocycles. The van der Waals surface area contributed by atoms with Gasteiger partial charge in [-0.15, -0.1) is 0 Å². The van der Waals surface area contributed by atoms with Gasteiger partial charge in [-0.05, 0) is 42.7 Å². The second kappa shape index (κ2) is 10.7. The first kappa shape index (κ1) is 26.0. The van der Waals surface area contributed by atoms with Gasteiger partial charge in [-0.2, -0.15) is 4.98 Å². The number of anilines is 1. The lowest BCUT2D eigenvalue weighted by Gasteiger charge is -2.39. The molecular formula is C28H34ClN7O3. The monoisotopic (exact) mass is 551 g/mol. The van der Waals surface area contributed by atoms with E-state index in [1.807, 2.05) is 24.3 Å². The predicted molar refractivity (Wildman–Crippen MR) is 150 cm³/mol. The largest absolute Gasteiger partial charge is 0.439 e. The number of benzene rings is 1. The molecule has 10 nitrogen and oxygen atoms in total. The van der Waals surface area contributed by atoms with E-state index in [1.165, 1.54) is 25.7 Å². The molecule has 1 aliphatic heterocycles. The van der Waals surface area contributed by atoms with Crippen molar-refractivity contribution in [2.24, 2.45) is 17.8 Å². The van der Waals surface area contributed by atoms with Crippen molar-refractivity contribution in [2.45, 2.75) is 59.0 Å². The zero-order valence-corrected chi connectivity index (χ0v) is 23.3. The van der Waals surface area contributed by atoms with Crippen molar-refractivity contribution >= 4 is 28.7 Å². The minimum absolute atomic E-state index is 0.161. The van der Waals surface area contributed by atoms with E-state index < -0.39 is 5.76 Å². The van der Waals surface area contributed by atoms with Gasteiger partial charge in [0.15, 0.2) is 5.65 Å². The fourth-order valence-electron chi connectivity index (χ4n) is 5.88. The van der Waals surface area contributed by atoms with Gasteiger partial charge in [0.2, 0.25) is 17.6 Å². The van der Waals surface area contributed by atoms with Crippen LogP contribution in [0.5, 0.6) is 0 Å². The number of aromatic nitrogens is 6. The quantitative estimate of drug-likeness (QED) is 0.348. The summed E-state index contributed by atoms with van der Waals surface area (Å²) in [7, 11) is 0. The van der Waals surface area contributed by atoms with Crippen LogP contribution >= 0.6 is 11.6 Å². The zero-order chi connectivity index (χ0) is 27.1. The fraction of sp³-hybridized carbons (Fsp3) is 0.536. The summed E-state index contributed by atoms with van der Waals surface area (Å²) < 4.78 is 13.0. The van der Waals surface area contributed by atoms with Gasteiger partial charge in [0, 0.05) is 23.7 Å². The van der Waals surface area contributed by atoms with Crippen LogP contribution in [0, 0.1) is 17.8 Å². The molecule has 0 spiro atoms. The van der Waals surface area contributed by atoms with Crippen molar-refractivity contribution < 1.29 is 9.26 Å². The summed E-state index contributed by atoms with van der Waals surface area (Å²) in [5.74, 6) is 2.31. The number of fused-ring (bicyclic) bond motifs is 1. The minimum atomic E-state index is -0.663. The van der Waals surface area contributed by atoms with Crippen molar-refractivity contribution in [1.29, 1.82) is 0 Å². The van der Waals surface area contributed by atoms with Crippen molar-refractivity contribution in [1.82, 2.24) is 29.7 Å². The number of ether oxygens (including phenoxy) is 1. The molecule has 1 saturated heterocycles. The van der Waals surface area contributed by atoms with Gasteiger partial charge in [0.05, 0.1) is 19.3 Å². The summed E-state index contributed by atoms with van der Waals surface area (Å²) in [6.45, 7) is 9.66. The van der Waals surface area contributed by atoms with Gasteiger partial charge in [-0.3, -0.25) is 9.51 Å². The van der Waals surface area contributed by atoms with Crippen LogP contribution in [0.3, 0.4) is 0 Å². The molecule has 3 aromatic heterocycles. The number of H-pyrrole nitrogens is 1. The number of hydrogen-bond donors (Lipinski definition) is 1. The first-order valence-electron chi connectivity index (χ1n) is 13.8. The van der Waals surface area contributed by atoms with Gasteiger partial charge in [-0.25, -0.2) is 14.8 Å². The lowest BCUT2D eigenvalue weighted by Crippen LogP contribution is -2.49. The Morgan fingerprint density at radius 2 is 1.97 bits per heavy atom. The van der Waals surface area contributed by atoms with Gasteiger partial charge < -0.3 is 14.2 Å². The normalized spacial score (nSPS) is 22.2. The molecule has 39 heavy (non-hydrogen) atoms. The second-order valence-electron chi connectivity index (χ2n) is 11.3. The minimum Gasteiger partial charge on any atom is -0.377 e. The molecule has 4 heterocycles. The first-order chi connectivity index (χ1) is 18.9. The molecule has 11 heteroatoms. The number of nitrogens with one attached hydrogen (secondary N) is 1. The second-order valence-corrected chi connectivity index (χ2v) is 11.7. The number of morpholine rings is 1. The summed E-state index contributed by atoms with van der Waals surface area (Å²) in [6.07, 6.45) is 4.84. The summed E-state index contributed by atoms with van der Waals surface area (Å²) in [4.78, 5) is 31.5. The fourth-order valence-corrected chi connectivity index (χ4v) is 6.07. The van der Waals surface area contributed by atoms with Gasteiger partial charge in [-0.1, -0.05) is 62.5 Å². The summed E-state index contributed by atoms with van der Waals surface area (Å²) in [5.41, 5.74) is 2.94. The molecule has 0 unspecified atom stereocenters. The van der Waals surface area contributed by atoms with E-state index >= 15 is 0 Å². The van der Waals surface area contributed by atoms with Crippen LogP contribution < -0.4 is 10.7 Å². The Balaban J connectivity index is 1.58. The molecule has 6 rings (SSSR count). The van der Waals surface area contributed by atoms with Crippen LogP contribution in [0.2, 0.25) is 5.02 Å². The number of nitrogens with zero attached hydrogens (tertiary/aromatic N) is 6. The third kappa shape index (κ3) is 5.19. The highest BCUT2D eigenvalue weighted by atomic mass is 35.5. The van der Waals surface area contributed by atoms with E-state index in [0.717, 1.165) is 36.0 Å². The molecule has 206 valence electrons. The maximum atomic E-state index is 11.7. The average molecular weight is 552 g/mol. The lowest BCUT2D eigenvalue weighted by molar-refractivity contribution is 0.0792. The summed E-state index contributed by atoms with van der Waals surface area (Å²) in [5, 5.41) is 4.45. The molecule has 0 bridgehead atoms. The third-order valence-corrected chi connectivity index (χ3v) is 8.34. The average Bonchev–Trinajstić information content (AvgIpc) is 3.53. The topological polar surface area (TPSA) is 115 Å². The van der Waals surface area contributed by atoms with Crippen molar-refractivity contribution in [2.75, 3.05) is 24.7 Å². The molecule has 0 radical (unpaired) electrons.